The lowest BCUT2D eigenvalue weighted by Crippen LogP contribution is -2.92. The van der Waals surface area contributed by atoms with Crippen LogP contribution in [0.3, 0.4) is 0 Å². The fourth-order valence-corrected chi connectivity index (χ4v) is 1.53. The minimum Gasteiger partial charge on any atom is -0.365 e. The van der Waals surface area contributed by atoms with Crippen molar-refractivity contribution in [2.75, 3.05) is 0 Å². The van der Waals surface area contributed by atoms with Crippen molar-refractivity contribution in [3.8, 4) is 0 Å². The van der Waals surface area contributed by atoms with Gasteiger partial charge < -0.3 is 11.1 Å². The molecule has 4 N–H and O–H groups in total. The van der Waals surface area contributed by atoms with Crippen molar-refractivity contribution in [1.82, 2.24) is 0 Å². The smallest absolute Gasteiger partial charge is 0.275 e. The van der Waals surface area contributed by atoms with Crippen molar-refractivity contribution >= 4 is 17.5 Å². The van der Waals surface area contributed by atoms with Gasteiger partial charge in [0.15, 0.2) is 6.04 Å². The average molecular weight is 228 g/mol. The van der Waals surface area contributed by atoms with Crippen LogP contribution < -0.4 is 11.1 Å². The monoisotopic (exact) mass is 227 g/mol. The Labute approximate surface area is 94.6 Å². The number of hydrogen-bond acceptors (Lipinski definition) is 1. The van der Waals surface area contributed by atoms with E-state index < -0.39 is 0 Å². The molecule has 2 atom stereocenters. The molecule has 1 rings (SSSR count). The van der Waals surface area contributed by atoms with Crippen molar-refractivity contribution in [2.45, 2.75) is 25.9 Å². The second-order valence-electron chi connectivity index (χ2n) is 3.72. The molecule has 0 aliphatic carbocycles. The molecule has 0 fully saturated rings. The second-order valence-corrected chi connectivity index (χ2v) is 4.16. The van der Waals surface area contributed by atoms with Crippen LogP contribution in [0, 0.1) is 0 Å². The number of carbonyl (C=O) groups is 1. The first kappa shape index (κ1) is 12.0. The van der Waals surface area contributed by atoms with E-state index in [1.54, 1.807) is 6.92 Å². The lowest BCUT2D eigenvalue weighted by atomic mass is 10.1. The third kappa shape index (κ3) is 3.53. The van der Waals surface area contributed by atoms with Crippen molar-refractivity contribution in [2.24, 2.45) is 5.73 Å². The van der Waals surface area contributed by atoms with E-state index in [1.807, 2.05) is 36.5 Å². The molecule has 0 aliphatic rings. The molecule has 1 aromatic carbocycles. The fraction of sp³-hybridized carbons (Fsp3) is 0.364. The number of halogens is 1. The molecule has 15 heavy (non-hydrogen) atoms. The summed E-state index contributed by atoms with van der Waals surface area (Å²) in [6.45, 7) is 3.83. The number of hydrogen-bond donors (Lipinski definition) is 2. The number of primary amides is 1. The molecule has 0 radical (unpaired) electrons. The molecule has 1 amide bonds. The molecule has 0 saturated heterocycles. The molecular formula is C11H16ClN2O+. The van der Waals surface area contributed by atoms with E-state index in [9.17, 15) is 4.79 Å². The van der Waals surface area contributed by atoms with E-state index in [4.69, 9.17) is 17.3 Å². The Morgan fingerprint density at radius 3 is 2.33 bits per heavy atom. The SMILES string of the molecule is C[C@H]([NH2+][C@H](C)c1ccc(Cl)cc1)C(N)=O. The summed E-state index contributed by atoms with van der Waals surface area (Å²) >= 11 is 5.79. The van der Waals surface area contributed by atoms with Crippen LogP contribution in [0.5, 0.6) is 0 Å². The summed E-state index contributed by atoms with van der Waals surface area (Å²) in [5, 5.41) is 2.65. The maximum atomic E-state index is 10.9. The number of quaternary nitrogens is 1. The molecule has 0 aliphatic heterocycles. The molecule has 0 saturated carbocycles. The molecule has 0 spiro atoms. The molecule has 1 aromatic rings. The molecule has 0 heterocycles. The third-order valence-corrected chi connectivity index (χ3v) is 2.67. The molecule has 0 aromatic heterocycles. The first-order valence-electron chi connectivity index (χ1n) is 4.90. The van der Waals surface area contributed by atoms with Gasteiger partial charge in [0.25, 0.3) is 5.91 Å². The third-order valence-electron chi connectivity index (χ3n) is 2.42. The zero-order valence-electron chi connectivity index (χ0n) is 8.91. The predicted molar refractivity (Wildman–Crippen MR) is 60.4 cm³/mol. The Kier molecular flexibility index (Phi) is 4.12. The summed E-state index contributed by atoms with van der Waals surface area (Å²) in [6, 6.07) is 7.58. The van der Waals surface area contributed by atoms with Gasteiger partial charge in [-0.15, -0.1) is 0 Å². The molecule has 82 valence electrons. The van der Waals surface area contributed by atoms with Gasteiger partial charge in [-0.25, -0.2) is 0 Å². The van der Waals surface area contributed by atoms with E-state index in [-0.39, 0.29) is 18.0 Å². The summed E-state index contributed by atoms with van der Waals surface area (Å²) < 4.78 is 0. The van der Waals surface area contributed by atoms with Gasteiger partial charge in [0.2, 0.25) is 0 Å². The molecule has 4 heteroatoms. The van der Waals surface area contributed by atoms with Crippen molar-refractivity contribution in [1.29, 1.82) is 0 Å². The number of benzene rings is 1. The maximum Gasteiger partial charge on any atom is 0.275 e. The summed E-state index contributed by atoms with van der Waals surface area (Å²) in [7, 11) is 0. The van der Waals surface area contributed by atoms with Crippen LogP contribution >= 0.6 is 11.6 Å². The van der Waals surface area contributed by atoms with Gasteiger partial charge >= 0.3 is 0 Å². The summed E-state index contributed by atoms with van der Waals surface area (Å²) in [6.07, 6.45) is 0. The highest BCUT2D eigenvalue weighted by molar-refractivity contribution is 6.30. The van der Waals surface area contributed by atoms with Gasteiger partial charge in [-0.1, -0.05) is 23.7 Å². The summed E-state index contributed by atoms with van der Waals surface area (Å²) in [5.74, 6) is -0.296. The van der Waals surface area contributed by atoms with Gasteiger partial charge in [0.05, 0.1) is 0 Å². The number of nitrogens with two attached hydrogens (primary N) is 2. The minimum absolute atomic E-state index is 0.199. The van der Waals surface area contributed by atoms with E-state index in [1.165, 1.54) is 0 Å². The summed E-state index contributed by atoms with van der Waals surface area (Å²) in [5.41, 5.74) is 6.33. The standard InChI is InChI=1S/C11H15ClN2O/c1-7(14-8(2)11(13)15)9-3-5-10(12)6-4-9/h3-8,14H,1-2H3,(H2,13,15)/p+1/t7-,8+/m1/s1. The van der Waals surface area contributed by atoms with Gasteiger partial charge in [-0.05, 0) is 26.0 Å². The topological polar surface area (TPSA) is 59.7 Å². The zero-order chi connectivity index (χ0) is 11.4. The van der Waals surface area contributed by atoms with Crippen LogP contribution in [-0.4, -0.2) is 11.9 Å². The van der Waals surface area contributed by atoms with Crippen molar-refractivity contribution in [3.63, 3.8) is 0 Å². The fourth-order valence-electron chi connectivity index (χ4n) is 1.41. The average Bonchev–Trinajstić information content (AvgIpc) is 2.18. The molecule has 3 nitrogen and oxygen atoms in total. The van der Waals surface area contributed by atoms with E-state index >= 15 is 0 Å². The largest absolute Gasteiger partial charge is 0.365 e. The predicted octanol–water partition coefficient (Wildman–Crippen LogP) is 0.838. The first-order valence-corrected chi connectivity index (χ1v) is 5.28. The Hall–Kier alpha value is -1.06. The minimum atomic E-state index is -0.296. The summed E-state index contributed by atoms with van der Waals surface area (Å²) in [4.78, 5) is 10.9. The lowest BCUT2D eigenvalue weighted by molar-refractivity contribution is -0.710. The van der Waals surface area contributed by atoms with Crippen molar-refractivity contribution < 1.29 is 10.1 Å². The van der Waals surface area contributed by atoms with E-state index in [0.717, 1.165) is 5.56 Å². The Bertz CT molecular complexity index is 337. The second kappa shape index (κ2) is 5.14. The van der Waals surface area contributed by atoms with Gasteiger partial charge in [-0.3, -0.25) is 4.79 Å². The van der Waals surface area contributed by atoms with Crippen LogP contribution in [0.25, 0.3) is 0 Å². The highest BCUT2D eigenvalue weighted by Crippen LogP contribution is 2.13. The first-order chi connectivity index (χ1) is 7.00. The van der Waals surface area contributed by atoms with Crippen LogP contribution in [0.4, 0.5) is 0 Å². The van der Waals surface area contributed by atoms with Gasteiger partial charge in [0, 0.05) is 10.6 Å². The van der Waals surface area contributed by atoms with Crippen LogP contribution in [0.15, 0.2) is 24.3 Å². The lowest BCUT2D eigenvalue weighted by Gasteiger charge is -2.14. The van der Waals surface area contributed by atoms with Gasteiger partial charge in [0.1, 0.15) is 6.04 Å². The van der Waals surface area contributed by atoms with E-state index in [0.29, 0.717) is 5.02 Å². The van der Waals surface area contributed by atoms with E-state index in [2.05, 4.69) is 0 Å². The number of amides is 1. The van der Waals surface area contributed by atoms with Crippen LogP contribution in [-0.2, 0) is 4.79 Å². The Balaban J connectivity index is 2.64. The number of carbonyl (C=O) groups excluding carboxylic acids is 1. The van der Waals surface area contributed by atoms with Crippen LogP contribution in [0.2, 0.25) is 5.02 Å². The molecule has 0 bridgehead atoms. The Morgan fingerprint density at radius 2 is 1.87 bits per heavy atom. The maximum absolute atomic E-state index is 10.9. The van der Waals surface area contributed by atoms with Crippen molar-refractivity contribution in [3.05, 3.63) is 34.9 Å². The molecular weight excluding hydrogens is 212 g/mol. The normalized spacial score (nSPS) is 14.6. The Morgan fingerprint density at radius 1 is 1.33 bits per heavy atom. The quantitative estimate of drug-likeness (QED) is 0.787. The van der Waals surface area contributed by atoms with Gasteiger partial charge in [-0.2, -0.15) is 0 Å². The number of rotatable bonds is 4. The highest BCUT2D eigenvalue weighted by atomic mass is 35.5. The highest BCUT2D eigenvalue weighted by Gasteiger charge is 2.17. The zero-order valence-corrected chi connectivity index (χ0v) is 9.66. The van der Waals surface area contributed by atoms with Crippen LogP contribution in [0.1, 0.15) is 25.5 Å². The molecule has 0 unspecified atom stereocenters.